The van der Waals surface area contributed by atoms with Crippen LogP contribution < -0.4 is 15.8 Å². The standard InChI is InChI=1S/C11H17N3O3S/c1-17-8-6-9(18-7-8)11(15)13-5-3-2-4-10(12)14-16/h6-7,16H,2-5H2,1H3,(H2,12,14)(H,13,15). The zero-order valence-electron chi connectivity index (χ0n) is 10.2. The quantitative estimate of drug-likeness (QED) is 0.229. The second-order valence-corrected chi connectivity index (χ2v) is 4.57. The average Bonchev–Trinajstić information content (AvgIpc) is 2.86. The lowest BCUT2D eigenvalue weighted by molar-refractivity contribution is 0.0957. The van der Waals surface area contributed by atoms with Gasteiger partial charge in [-0.1, -0.05) is 5.16 Å². The number of amidine groups is 1. The van der Waals surface area contributed by atoms with E-state index in [2.05, 4.69) is 10.5 Å². The summed E-state index contributed by atoms with van der Waals surface area (Å²) in [5, 5.41) is 15.8. The second-order valence-electron chi connectivity index (χ2n) is 3.66. The smallest absolute Gasteiger partial charge is 0.261 e. The molecule has 4 N–H and O–H groups in total. The predicted octanol–water partition coefficient (Wildman–Crippen LogP) is 1.40. The monoisotopic (exact) mass is 271 g/mol. The third-order valence-corrected chi connectivity index (χ3v) is 3.22. The predicted molar refractivity (Wildman–Crippen MR) is 70.5 cm³/mol. The van der Waals surface area contributed by atoms with Crippen molar-refractivity contribution in [2.75, 3.05) is 13.7 Å². The van der Waals surface area contributed by atoms with Crippen molar-refractivity contribution in [3.63, 3.8) is 0 Å². The van der Waals surface area contributed by atoms with Gasteiger partial charge in [-0.3, -0.25) is 4.79 Å². The van der Waals surface area contributed by atoms with E-state index in [9.17, 15) is 4.79 Å². The number of rotatable bonds is 7. The first-order chi connectivity index (χ1) is 8.67. The maximum absolute atomic E-state index is 11.7. The molecule has 18 heavy (non-hydrogen) atoms. The molecule has 1 rings (SSSR count). The minimum atomic E-state index is -0.105. The summed E-state index contributed by atoms with van der Waals surface area (Å²) >= 11 is 1.35. The van der Waals surface area contributed by atoms with Crippen molar-refractivity contribution in [3.8, 4) is 5.75 Å². The van der Waals surface area contributed by atoms with E-state index >= 15 is 0 Å². The van der Waals surface area contributed by atoms with Gasteiger partial charge in [0.15, 0.2) is 0 Å². The first kappa shape index (κ1) is 14.3. The van der Waals surface area contributed by atoms with E-state index in [4.69, 9.17) is 15.7 Å². The lowest BCUT2D eigenvalue weighted by Gasteiger charge is -2.03. The largest absolute Gasteiger partial charge is 0.496 e. The molecule has 100 valence electrons. The molecule has 0 aliphatic carbocycles. The summed E-state index contributed by atoms with van der Waals surface area (Å²) in [6.07, 6.45) is 2.08. The van der Waals surface area contributed by atoms with Crippen LogP contribution in [0.2, 0.25) is 0 Å². The van der Waals surface area contributed by atoms with Crippen molar-refractivity contribution in [1.82, 2.24) is 5.32 Å². The molecule has 0 aliphatic rings. The van der Waals surface area contributed by atoms with E-state index in [0.717, 1.165) is 12.8 Å². The summed E-state index contributed by atoms with van der Waals surface area (Å²) in [4.78, 5) is 12.3. The minimum absolute atomic E-state index is 0.105. The van der Waals surface area contributed by atoms with Crippen LogP contribution in [0.25, 0.3) is 0 Å². The molecule has 1 amide bonds. The number of nitrogens with two attached hydrogens (primary N) is 1. The maximum atomic E-state index is 11.7. The molecule has 6 nitrogen and oxygen atoms in total. The van der Waals surface area contributed by atoms with Crippen LogP contribution in [0.1, 0.15) is 28.9 Å². The van der Waals surface area contributed by atoms with Crippen LogP contribution in [0.5, 0.6) is 5.75 Å². The number of carbonyl (C=O) groups is 1. The summed E-state index contributed by atoms with van der Waals surface area (Å²) < 4.78 is 5.01. The van der Waals surface area contributed by atoms with Crippen molar-refractivity contribution in [1.29, 1.82) is 0 Å². The molecule has 1 aromatic heterocycles. The summed E-state index contributed by atoms with van der Waals surface area (Å²) in [5.74, 6) is 0.800. The Morgan fingerprint density at radius 2 is 2.39 bits per heavy atom. The molecule has 0 unspecified atom stereocenters. The van der Waals surface area contributed by atoms with Gasteiger partial charge in [0, 0.05) is 24.4 Å². The van der Waals surface area contributed by atoms with Crippen molar-refractivity contribution >= 4 is 23.1 Å². The van der Waals surface area contributed by atoms with Crippen LogP contribution >= 0.6 is 11.3 Å². The van der Waals surface area contributed by atoms with Crippen LogP contribution in [0.3, 0.4) is 0 Å². The van der Waals surface area contributed by atoms with Gasteiger partial charge < -0.3 is 21.0 Å². The molecular weight excluding hydrogens is 254 g/mol. The lowest BCUT2D eigenvalue weighted by atomic mass is 10.2. The summed E-state index contributed by atoms with van der Waals surface area (Å²) in [5.41, 5.74) is 5.32. The number of nitrogens with zero attached hydrogens (tertiary/aromatic N) is 1. The van der Waals surface area contributed by atoms with E-state index in [0.29, 0.717) is 23.6 Å². The van der Waals surface area contributed by atoms with E-state index in [1.54, 1.807) is 18.6 Å². The molecule has 0 aliphatic heterocycles. The van der Waals surface area contributed by atoms with Gasteiger partial charge >= 0.3 is 0 Å². The van der Waals surface area contributed by atoms with Crippen LogP contribution in [0.4, 0.5) is 0 Å². The lowest BCUT2D eigenvalue weighted by Crippen LogP contribution is -2.23. The third kappa shape index (κ3) is 4.62. The first-order valence-corrected chi connectivity index (χ1v) is 6.42. The number of methoxy groups -OCH3 is 1. The molecular formula is C11H17N3O3S. The highest BCUT2D eigenvalue weighted by molar-refractivity contribution is 7.12. The molecule has 0 spiro atoms. The Balaban J connectivity index is 2.21. The van der Waals surface area contributed by atoms with Crippen molar-refractivity contribution in [3.05, 3.63) is 16.3 Å². The van der Waals surface area contributed by atoms with Gasteiger partial charge in [-0.2, -0.15) is 0 Å². The van der Waals surface area contributed by atoms with Crippen LogP contribution in [0, 0.1) is 0 Å². The van der Waals surface area contributed by atoms with E-state index in [1.165, 1.54) is 11.3 Å². The van der Waals surface area contributed by atoms with Crippen molar-refractivity contribution in [2.45, 2.75) is 19.3 Å². The highest BCUT2D eigenvalue weighted by Crippen LogP contribution is 2.20. The number of oxime groups is 1. The van der Waals surface area contributed by atoms with Crippen LogP contribution in [-0.2, 0) is 0 Å². The molecule has 0 atom stereocenters. The van der Waals surface area contributed by atoms with Gasteiger partial charge in [-0.25, -0.2) is 0 Å². The van der Waals surface area contributed by atoms with Gasteiger partial charge in [0.25, 0.3) is 5.91 Å². The number of hydrogen-bond donors (Lipinski definition) is 3. The third-order valence-electron chi connectivity index (χ3n) is 2.31. The fourth-order valence-corrected chi connectivity index (χ4v) is 2.09. The number of nitrogens with one attached hydrogen (secondary N) is 1. The number of ether oxygens (including phenoxy) is 1. The normalized spacial score (nSPS) is 11.3. The molecule has 0 saturated carbocycles. The topological polar surface area (TPSA) is 96.9 Å². The number of carbonyl (C=O) groups excluding carboxylic acids is 1. The van der Waals surface area contributed by atoms with Crippen molar-refractivity contribution in [2.24, 2.45) is 10.9 Å². The average molecular weight is 271 g/mol. The fourth-order valence-electron chi connectivity index (χ4n) is 1.32. The zero-order chi connectivity index (χ0) is 13.4. The van der Waals surface area contributed by atoms with Crippen molar-refractivity contribution < 1.29 is 14.7 Å². The highest BCUT2D eigenvalue weighted by atomic mass is 32.1. The van der Waals surface area contributed by atoms with Gasteiger partial charge in [0.05, 0.1) is 12.0 Å². The molecule has 0 radical (unpaired) electrons. The SMILES string of the molecule is COc1csc(C(=O)NCCCCC(N)=NO)c1. The second kappa shape index (κ2) is 7.54. The van der Waals surface area contributed by atoms with Crippen LogP contribution in [-0.4, -0.2) is 30.6 Å². The number of amides is 1. The Bertz CT molecular complexity index is 417. The minimum Gasteiger partial charge on any atom is -0.496 e. The summed E-state index contributed by atoms with van der Waals surface area (Å²) in [7, 11) is 1.57. The van der Waals surface area contributed by atoms with Gasteiger partial charge in [-0.15, -0.1) is 11.3 Å². The molecule has 0 aromatic carbocycles. The van der Waals surface area contributed by atoms with Gasteiger partial charge in [-0.05, 0) is 12.8 Å². The fraction of sp³-hybridized carbons (Fsp3) is 0.455. The number of unbranched alkanes of at least 4 members (excludes halogenated alkanes) is 1. The van der Waals surface area contributed by atoms with E-state index in [-0.39, 0.29) is 11.7 Å². The Morgan fingerprint density at radius 3 is 3.00 bits per heavy atom. The maximum Gasteiger partial charge on any atom is 0.261 e. The highest BCUT2D eigenvalue weighted by Gasteiger charge is 2.08. The molecule has 1 heterocycles. The Hall–Kier alpha value is -1.76. The van der Waals surface area contributed by atoms with Gasteiger partial charge in [0.2, 0.25) is 0 Å². The van der Waals surface area contributed by atoms with E-state index in [1.807, 2.05) is 0 Å². The van der Waals surface area contributed by atoms with Crippen LogP contribution in [0.15, 0.2) is 16.6 Å². The summed E-state index contributed by atoms with van der Waals surface area (Å²) in [6, 6.07) is 1.70. The molecule has 7 heteroatoms. The molecule has 0 fully saturated rings. The van der Waals surface area contributed by atoms with E-state index < -0.39 is 0 Å². The number of hydrogen-bond acceptors (Lipinski definition) is 5. The Labute approximate surface area is 109 Å². The zero-order valence-corrected chi connectivity index (χ0v) is 11.0. The van der Waals surface area contributed by atoms with Gasteiger partial charge in [0.1, 0.15) is 11.6 Å². The molecule has 0 bridgehead atoms. The molecule has 0 saturated heterocycles. The molecule has 1 aromatic rings. The Kier molecular flexibility index (Phi) is 5.99. The first-order valence-electron chi connectivity index (χ1n) is 5.54. The summed E-state index contributed by atoms with van der Waals surface area (Å²) in [6.45, 7) is 0.567. The number of thiophene rings is 1. The Morgan fingerprint density at radius 1 is 1.61 bits per heavy atom.